The predicted octanol–water partition coefficient (Wildman–Crippen LogP) is 3.15. The maximum atomic E-state index is 12.2. The first kappa shape index (κ1) is 12.7. The number of likely N-dealkylation sites (tertiary alicyclic amines) is 1. The third-order valence-electron chi connectivity index (χ3n) is 4.31. The summed E-state index contributed by atoms with van der Waals surface area (Å²) in [6.45, 7) is 4.17. The lowest BCUT2D eigenvalue weighted by molar-refractivity contribution is 0.184. The second-order valence-electron chi connectivity index (χ2n) is 5.72. The number of urea groups is 1. The van der Waals surface area contributed by atoms with Crippen molar-refractivity contribution in [1.29, 1.82) is 0 Å². The number of nitrogens with zero attached hydrogens (tertiary/aromatic N) is 1. The number of carbonyl (C=O) groups excluding carboxylic acids is 1. The quantitative estimate of drug-likeness (QED) is 0.748. The zero-order valence-electron chi connectivity index (χ0n) is 11.1. The smallest absolute Gasteiger partial charge is 0.317 e. The van der Waals surface area contributed by atoms with E-state index in [0.29, 0.717) is 12.0 Å². The number of carbonyl (C=O) groups is 1. The van der Waals surface area contributed by atoms with Crippen molar-refractivity contribution in [3.8, 4) is 0 Å². The minimum absolute atomic E-state index is 0.186. The SMILES string of the molecule is CC1CCCCC1NC(=O)N1CCCCCC1. The lowest BCUT2D eigenvalue weighted by Gasteiger charge is -2.32. The molecule has 0 aromatic heterocycles. The topological polar surface area (TPSA) is 32.3 Å². The highest BCUT2D eigenvalue weighted by molar-refractivity contribution is 5.74. The van der Waals surface area contributed by atoms with Gasteiger partial charge in [-0.2, -0.15) is 0 Å². The lowest BCUT2D eigenvalue weighted by atomic mass is 9.86. The van der Waals surface area contributed by atoms with Gasteiger partial charge < -0.3 is 10.2 Å². The highest BCUT2D eigenvalue weighted by atomic mass is 16.2. The Hall–Kier alpha value is -0.730. The van der Waals surface area contributed by atoms with Crippen molar-refractivity contribution in [2.75, 3.05) is 13.1 Å². The van der Waals surface area contributed by atoms with Gasteiger partial charge in [0.1, 0.15) is 0 Å². The molecule has 2 aliphatic rings. The van der Waals surface area contributed by atoms with Crippen LogP contribution >= 0.6 is 0 Å². The van der Waals surface area contributed by atoms with E-state index in [1.165, 1.54) is 51.4 Å². The third kappa shape index (κ3) is 3.62. The van der Waals surface area contributed by atoms with Crippen molar-refractivity contribution in [1.82, 2.24) is 10.2 Å². The lowest BCUT2D eigenvalue weighted by Crippen LogP contribution is -2.48. The molecule has 1 saturated carbocycles. The maximum absolute atomic E-state index is 12.2. The molecule has 17 heavy (non-hydrogen) atoms. The Bertz CT molecular complexity index is 247. The number of nitrogens with one attached hydrogen (secondary N) is 1. The van der Waals surface area contributed by atoms with E-state index in [2.05, 4.69) is 12.2 Å². The van der Waals surface area contributed by atoms with Crippen LogP contribution < -0.4 is 5.32 Å². The summed E-state index contributed by atoms with van der Waals surface area (Å²) >= 11 is 0. The van der Waals surface area contributed by atoms with E-state index >= 15 is 0 Å². The summed E-state index contributed by atoms with van der Waals surface area (Å²) in [5.41, 5.74) is 0. The highest BCUT2D eigenvalue weighted by Crippen LogP contribution is 2.24. The molecule has 1 heterocycles. The first-order chi connectivity index (χ1) is 8.27. The van der Waals surface area contributed by atoms with E-state index < -0.39 is 0 Å². The predicted molar refractivity (Wildman–Crippen MR) is 70.0 cm³/mol. The summed E-state index contributed by atoms with van der Waals surface area (Å²) < 4.78 is 0. The van der Waals surface area contributed by atoms with Crippen LogP contribution in [0.15, 0.2) is 0 Å². The van der Waals surface area contributed by atoms with Crippen molar-refractivity contribution in [2.24, 2.45) is 5.92 Å². The van der Waals surface area contributed by atoms with Crippen molar-refractivity contribution in [3.63, 3.8) is 0 Å². The summed E-state index contributed by atoms with van der Waals surface area (Å²) in [4.78, 5) is 14.2. The van der Waals surface area contributed by atoms with E-state index in [1.807, 2.05) is 4.90 Å². The van der Waals surface area contributed by atoms with Crippen LogP contribution in [0.1, 0.15) is 58.3 Å². The summed E-state index contributed by atoms with van der Waals surface area (Å²) in [7, 11) is 0. The van der Waals surface area contributed by atoms with Crippen LogP contribution in [0.3, 0.4) is 0 Å². The molecule has 3 nitrogen and oxygen atoms in total. The van der Waals surface area contributed by atoms with Crippen LogP contribution in [-0.4, -0.2) is 30.1 Å². The Morgan fingerprint density at radius 3 is 2.29 bits per heavy atom. The molecule has 2 atom stereocenters. The van der Waals surface area contributed by atoms with Gasteiger partial charge in [0.2, 0.25) is 0 Å². The zero-order chi connectivity index (χ0) is 12.1. The Balaban J connectivity index is 1.82. The van der Waals surface area contributed by atoms with E-state index in [9.17, 15) is 4.79 Å². The molecule has 2 fully saturated rings. The van der Waals surface area contributed by atoms with Gasteiger partial charge in [0.25, 0.3) is 0 Å². The molecule has 0 aromatic rings. The average Bonchev–Trinajstić information content (AvgIpc) is 2.61. The maximum Gasteiger partial charge on any atom is 0.317 e. The van der Waals surface area contributed by atoms with Gasteiger partial charge in [-0.15, -0.1) is 0 Å². The normalized spacial score (nSPS) is 30.8. The second-order valence-corrected chi connectivity index (χ2v) is 5.72. The summed E-state index contributed by atoms with van der Waals surface area (Å²) in [5.74, 6) is 0.652. The summed E-state index contributed by atoms with van der Waals surface area (Å²) in [6, 6.07) is 0.602. The first-order valence-electron chi connectivity index (χ1n) is 7.33. The zero-order valence-corrected chi connectivity index (χ0v) is 11.1. The molecule has 2 amide bonds. The van der Waals surface area contributed by atoms with Crippen LogP contribution in [0.4, 0.5) is 4.79 Å². The molecular weight excluding hydrogens is 212 g/mol. The van der Waals surface area contributed by atoms with E-state index in [0.717, 1.165) is 13.1 Å². The van der Waals surface area contributed by atoms with Crippen LogP contribution in [0.25, 0.3) is 0 Å². The molecule has 0 bridgehead atoms. The Labute approximate surface area is 105 Å². The second kappa shape index (κ2) is 6.27. The van der Waals surface area contributed by atoms with Gasteiger partial charge >= 0.3 is 6.03 Å². The monoisotopic (exact) mass is 238 g/mol. The molecule has 3 heteroatoms. The van der Waals surface area contributed by atoms with Crippen LogP contribution in [-0.2, 0) is 0 Å². The number of rotatable bonds is 1. The van der Waals surface area contributed by atoms with Crippen molar-refractivity contribution in [3.05, 3.63) is 0 Å². The van der Waals surface area contributed by atoms with E-state index in [-0.39, 0.29) is 6.03 Å². The van der Waals surface area contributed by atoms with Crippen LogP contribution in [0.2, 0.25) is 0 Å². The Morgan fingerprint density at radius 2 is 1.65 bits per heavy atom. The minimum atomic E-state index is 0.186. The molecule has 1 saturated heterocycles. The fourth-order valence-corrected chi connectivity index (χ4v) is 3.05. The molecule has 2 unspecified atom stereocenters. The molecule has 2 rings (SSSR count). The van der Waals surface area contributed by atoms with Crippen LogP contribution in [0.5, 0.6) is 0 Å². The summed E-state index contributed by atoms with van der Waals surface area (Å²) in [5, 5.41) is 3.25. The Morgan fingerprint density at radius 1 is 1.00 bits per heavy atom. The van der Waals surface area contributed by atoms with Gasteiger partial charge in [-0.3, -0.25) is 0 Å². The largest absolute Gasteiger partial charge is 0.335 e. The third-order valence-corrected chi connectivity index (χ3v) is 4.31. The van der Waals surface area contributed by atoms with Crippen molar-refractivity contribution < 1.29 is 4.79 Å². The van der Waals surface area contributed by atoms with Gasteiger partial charge in [-0.1, -0.05) is 32.6 Å². The number of hydrogen-bond donors (Lipinski definition) is 1. The van der Waals surface area contributed by atoms with Gasteiger partial charge in [-0.25, -0.2) is 4.79 Å². The average molecular weight is 238 g/mol. The molecular formula is C14H26N2O. The van der Waals surface area contributed by atoms with Crippen molar-refractivity contribution in [2.45, 2.75) is 64.3 Å². The minimum Gasteiger partial charge on any atom is -0.335 e. The van der Waals surface area contributed by atoms with E-state index in [1.54, 1.807) is 0 Å². The number of hydrogen-bond acceptors (Lipinski definition) is 1. The van der Waals surface area contributed by atoms with Gasteiger partial charge in [0, 0.05) is 19.1 Å². The number of amides is 2. The van der Waals surface area contributed by atoms with Crippen molar-refractivity contribution >= 4 is 6.03 Å². The van der Waals surface area contributed by atoms with Gasteiger partial charge in [0.05, 0.1) is 0 Å². The molecule has 0 aromatic carbocycles. The molecule has 0 spiro atoms. The molecule has 0 radical (unpaired) electrons. The van der Waals surface area contributed by atoms with Gasteiger partial charge in [-0.05, 0) is 31.6 Å². The molecule has 98 valence electrons. The Kier molecular flexibility index (Phi) is 4.69. The molecule has 1 N–H and O–H groups in total. The van der Waals surface area contributed by atoms with E-state index in [4.69, 9.17) is 0 Å². The standard InChI is InChI=1S/C14H26N2O/c1-12-8-4-5-9-13(12)15-14(17)16-10-6-2-3-7-11-16/h12-13H,2-11H2,1H3,(H,15,17). The van der Waals surface area contributed by atoms with Gasteiger partial charge in [0.15, 0.2) is 0 Å². The molecule has 1 aliphatic heterocycles. The fourth-order valence-electron chi connectivity index (χ4n) is 3.05. The summed E-state index contributed by atoms with van der Waals surface area (Å²) in [6.07, 6.45) is 9.95. The molecule has 1 aliphatic carbocycles. The fraction of sp³-hybridized carbons (Fsp3) is 0.929. The highest BCUT2D eigenvalue weighted by Gasteiger charge is 2.25. The van der Waals surface area contributed by atoms with Crippen LogP contribution in [0, 0.1) is 5.92 Å². The first-order valence-corrected chi connectivity index (χ1v) is 7.33.